The van der Waals surface area contributed by atoms with Gasteiger partial charge in [-0.25, -0.2) is 0 Å². The number of carbonyl (C=O) groups is 2. The van der Waals surface area contributed by atoms with E-state index in [-0.39, 0.29) is 24.8 Å². The van der Waals surface area contributed by atoms with E-state index in [4.69, 9.17) is 15.2 Å². The molecule has 7 heteroatoms. The van der Waals surface area contributed by atoms with Crippen LogP contribution in [-0.2, 0) is 22.6 Å². The van der Waals surface area contributed by atoms with Crippen molar-refractivity contribution in [3.05, 3.63) is 53.6 Å². The molecule has 0 unspecified atom stereocenters. The Labute approximate surface area is 158 Å². The quantitative estimate of drug-likeness (QED) is 0.582. The maximum atomic E-state index is 12.1. The van der Waals surface area contributed by atoms with Gasteiger partial charge in [0.1, 0.15) is 0 Å². The summed E-state index contributed by atoms with van der Waals surface area (Å²) in [6.45, 7) is 2.67. The summed E-state index contributed by atoms with van der Waals surface area (Å²) in [6, 6.07) is 12.5. The van der Waals surface area contributed by atoms with Gasteiger partial charge in [0.25, 0.3) is 5.91 Å². The number of rotatable bonds is 9. The summed E-state index contributed by atoms with van der Waals surface area (Å²) in [5, 5.41) is 5.53. The largest absolute Gasteiger partial charge is 0.493 e. The van der Waals surface area contributed by atoms with Crippen molar-refractivity contribution in [2.24, 2.45) is 0 Å². The maximum Gasteiger partial charge on any atom is 0.257 e. The molecule has 0 fully saturated rings. The molecule has 0 aliphatic rings. The van der Waals surface area contributed by atoms with Crippen LogP contribution in [0.15, 0.2) is 42.5 Å². The molecule has 7 nitrogen and oxygen atoms in total. The number of hydrogen-bond donors (Lipinski definition) is 3. The Morgan fingerprint density at radius 3 is 2.33 bits per heavy atom. The van der Waals surface area contributed by atoms with Crippen molar-refractivity contribution in [1.82, 2.24) is 10.6 Å². The fourth-order valence-electron chi connectivity index (χ4n) is 2.42. The Bertz CT molecular complexity index is 775. The minimum absolute atomic E-state index is 0.0815. The molecule has 0 aromatic heterocycles. The molecular weight excluding hydrogens is 346 g/mol. The van der Waals surface area contributed by atoms with Crippen LogP contribution in [0.4, 0.5) is 5.69 Å². The van der Waals surface area contributed by atoms with Gasteiger partial charge < -0.3 is 25.8 Å². The average Bonchev–Trinajstić information content (AvgIpc) is 2.67. The number of anilines is 1. The molecule has 0 spiro atoms. The molecule has 0 saturated heterocycles. The SMILES string of the molecule is CCNC(=O)COc1ccc(CNC(=O)Cc2ccc(N)cc2)cc1OC. The minimum Gasteiger partial charge on any atom is -0.493 e. The second kappa shape index (κ2) is 10.1. The highest BCUT2D eigenvalue weighted by Gasteiger charge is 2.09. The molecule has 2 aromatic carbocycles. The number of amides is 2. The predicted octanol–water partition coefficient (Wildman–Crippen LogP) is 1.65. The fourth-order valence-corrected chi connectivity index (χ4v) is 2.42. The summed E-state index contributed by atoms with van der Waals surface area (Å²) in [6.07, 6.45) is 0.283. The second-order valence-corrected chi connectivity index (χ2v) is 5.92. The van der Waals surface area contributed by atoms with Gasteiger partial charge in [0.15, 0.2) is 18.1 Å². The number of hydrogen-bond acceptors (Lipinski definition) is 5. The molecule has 4 N–H and O–H groups in total. The van der Waals surface area contributed by atoms with Crippen molar-refractivity contribution in [1.29, 1.82) is 0 Å². The van der Waals surface area contributed by atoms with Crippen LogP contribution >= 0.6 is 0 Å². The molecule has 144 valence electrons. The van der Waals surface area contributed by atoms with Crippen molar-refractivity contribution in [3.63, 3.8) is 0 Å². The van der Waals surface area contributed by atoms with E-state index in [9.17, 15) is 9.59 Å². The third kappa shape index (κ3) is 6.54. The number of nitrogens with one attached hydrogen (secondary N) is 2. The van der Waals surface area contributed by atoms with Crippen LogP contribution in [0, 0.1) is 0 Å². The molecule has 0 saturated carbocycles. The first-order chi connectivity index (χ1) is 13.0. The number of carbonyl (C=O) groups excluding carboxylic acids is 2. The van der Waals surface area contributed by atoms with E-state index in [1.54, 1.807) is 24.3 Å². The van der Waals surface area contributed by atoms with Gasteiger partial charge >= 0.3 is 0 Å². The van der Waals surface area contributed by atoms with Gasteiger partial charge in [-0.2, -0.15) is 0 Å². The number of methoxy groups -OCH3 is 1. The third-order valence-electron chi connectivity index (χ3n) is 3.79. The number of benzene rings is 2. The van der Waals surface area contributed by atoms with Gasteiger partial charge in [-0.15, -0.1) is 0 Å². The van der Waals surface area contributed by atoms with E-state index in [1.165, 1.54) is 7.11 Å². The van der Waals surface area contributed by atoms with Crippen molar-refractivity contribution >= 4 is 17.5 Å². The van der Waals surface area contributed by atoms with E-state index < -0.39 is 0 Å². The zero-order valence-electron chi connectivity index (χ0n) is 15.6. The molecule has 0 aliphatic carbocycles. The number of nitrogen functional groups attached to an aromatic ring is 1. The standard InChI is InChI=1S/C20H25N3O4/c1-3-22-20(25)13-27-17-9-6-15(10-18(17)26-2)12-23-19(24)11-14-4-7-16(21)8-5-14/h4-10H,3,11-13,21H2,1-2H3,(H,22,25)(H,23,24). The summed E-state index contributed by atoms with van der Waals surface area (Å²) >= 11 is 0. The predicted molar refractivity (Wildman–Crippen MR) is 104 cm³/mol. The van der Waals surface area contributed by atoms with Gasteiger partial charge in [-0.05, 0) is 42.3 Å². The summed E-state index contributed by atoms with van der Waals surface area (Å²) in [5.41, 5.74) is 8.07. The third-order valence-corrected chi connectivity index (χ3v) is 3.79. The maximum absolute atomic E-state index is 12.1. The first-order valence-corrected chi connectivity index (χ1v) is 8.69. The Morgan fingerprint density at radius 2 is 1.67 bits per heavy atom. The van der Waals surface area contributed by atoms with Crippen LogP contribution < -0.4 is 25.8 Å². The smallest absolute Gasteiger partial charge is 0.257 e. The molecule has 27 heavy (non-hydrogen) atoms. The lowest BCUT2D eigenvalue weighted by Crippen LogP contribution is -2.28. The van der Waals surface area contributed by atoms with Gasteiger partial charge in [0.05, 0.1) is 13.5 Å². The molecule has 0 bridgehead atoms. The molecule has 2 aromatic rings. The van der Waals surface area contributed by atoms with Crippen molar-refractivity contribution in [2.45, 2.75) is 19.9 Å². The second-order valence-electron chi connectivity index (χ2n) is 5.92. The lowest BCUT2D eigenvalue weighted by Gasteiger charge is -2.12. The first-order valence-electron chi connectivity index (χ1n) is 8.69. The summed E-state index contributed by atoms with van der Waals surface area (Å²) in [5.74, 6) is 0.694. The highest BCUT2D eigenvalue weighted by molar-refractivity contribution is 5.78. The van der Waals surface area contributed by atoms with Crippen LogP contribution in [-0.4, -0.2) is 32.1 Å². The van der Waals surface area contributed by atoms with Crippen LogP contribution in [0.1, 0.15) is 18.1 Å². The molecule has 0 heterocycles. The molecule has 0 aliphatic heterocycles. The van der Waals surface area contributed by atoms with Crippen LogP contribution in [0.2, 0.25) is 0 Å². The van der Waals surface area contributed by atoms with Crippen molar-refractivity contribution in [2.75, 3.05) is 26.0 Å². The zero-order valence-corrected chi connectivity index (χ0v) is 15.6. The molecule has 2 amide bonds. The van der Waals surface area contributed by atoms with Gasteiger partial charge in [-0.1, -0.05) is 18.2 Å². The van der Waals surface area contributed by atoms with E-state index in [2.05, 4.69) is 10.6 Å². The van der Waals surface area contributed by atoms with Gasteiger partial charge in [0, 0.05) is 18.8 Å². The van der Waals surface area contributed by atoms with Crippen LogP contribution in [0.5, 0.6) is 11.5 Å². The zero-order chi connectivity index (χ0) is 19.6. The normalized spacial score (nSPS) is 10.1. The summed E-state index contributed by atoms with van der Waals surface area (Å²) in [7, 11) is 1.53. The highest BCUT2D eigenvalue weighted by atomic mass is 16.5. The molecule has 2 rings (SSSR count). The Morgan fingerprint density at radius 1 is 0.963 bits per heavy atom. The Kier molecular flexibility index (Phi) is 7.49. The summed E-state index contributed by atoms with van der Waals surface area (Å²) < 4.78 is 10.8. The number of likely N-dealkylation sites (N-methyl/N-ethyl adjacent to an activating group) is 1. The Hall–Kier alpha value is -3.22. The molecule has 0 atom stereocenters. The van der Waals surface area contributed by atoms with E-state index in [0.29, 0.717) is 30.3 Å². The average molecular weight is 371 g/mol. The topological polar surface area (TPSA) is 103 Å². The molecular formula is C20H25N3O4. The van der Waals surface area contributed by atoms with Crippen LogP contribution in [0.25, 0.3) is 0 Å². The van der Waals surface area contributed by atoms with Crippen molar-refractivity contribution in [3.8, 4) is 11.5 Å². The number of nitrogens with two attached hydrogens (primary N) is 1. The van der Waals surface area contributed by atoms with E-state index >= 15 is 0 Å². The fraction of sp³-hybridized carbons (Fsp3) is 0.300. The Balaban J connectivity index is 1.89. The first kappa shape index (κ1) is 20.1. The van der Waals surface area contributed by atoms with E-state index in [0.717, 1.165) is 11.1 Å². The van der Waals surface area contributed by atoms with Gasteiger partial charge in [-0.3, -0.25) is 9.59 Å². The molecule has 0 radical (unpaired) electrons. The van der Waals surface area contributed by atoms with Crippen molar-refractivity contribution < 1.29 is 19.1 Å². The van der Waals surface area contributed by atoms with Crippen LogP contribution in [0.3, 0.4) is 0 Å². The minimum atomic E-state index is -0.196. The van der Waals surface area contributed by atoms with Gasteiger partial charge in [0.2, 0.25) is 5.91 Å². The van der Waals surface area contributed by atoms with E-state index in [1.807, 2.05) is 25.1 Å². The lowest BCUT2D eigenvalue weighted by atomic mass is 10.1. The summed E-state index contributed by atoms with van der Waals surface area (Å²) in [4.78, 5) is 23.6. The number of ether oxygens (including phenoxy) is 2. The monoisotopic (exact) mass is 371 g/mol. The highest BCUT2D eigenvalue weighted by Crippen LogP contribution is 2.28. The lowest BCUT2D eigenvalue weighted by molar-refractivity contribution is -0.123.